The molecule has 3 rings (SSSR count). The number of carbonyl (C=O) groups excluding carboxylic acids is 1. The Bertz CT molecular complexity index is 1160. The van der Waals surface area contributed by atoms with Gasteiger partial charge in [0.1, 0.15) is 18.1 Å². The highest BCUT2D eigenvalue weighted by atomic mass is 19.4. The van der Waals surface area contributed by atoms with Crippen LogP contribution in [0.4, 0.5) is 26.3 Å². The predicted octanol–water partition coefficient (Wildman–Crippen LogP) is 4.49. The second kappa shape index (κ2) is 10.5. The molecule has 0 bridgehead atoms. The lowest BCUT2D eigenvalue weighted by Gasteiger charge is -2.32. The number of carboxylic acid groups (broad SMARTS) is 1. The van der Waals surface area contributed by atoms with Gasteiger partial charge in [-0.15, -0.1) is 0 Å². The topological polar surface area (TPSA) is 78.8 Å². The number of benzene rings is 3. The molecule has 0 aromatic heterocycles. The molecule has 0 spiro atoms. The van der Waals surface area contributed by atoms with E-state index in [9.17, 15) is 41.4 Å². The quantitative estimate of drug-likeness (QED) is 0.427. The van der Waals surface area contributed by atoms with E-state index in [4.69, 9.17) is 9.47 Å². The zero-order chi connectivity index (χ0) is 26.6. The van der Waals surface area contributed by atoms with Crippen molar-refractivity contribution in [2.45, 2.75) is 30.5 Å². The lowest BCUT2D eigenvalue weighted by Crippen LogP contribution is -2.53. The van der Waals surface area contributed by atoms with E-state index in [1.54, 1.807) is 48.5 Å². The second-order valence-electron chi connectivity index (χ2n) is 7.76. The fraction of sp³-hybridized carbons (Fsp3) is 0.240. The van der Waals surface area contributed by atoms with E-state index in [-0.39, 0.29) is 24.5 Å². The van der Waals surface area contributed by atoms with Gasteiger partial charge in [-0.1, -0.05) is 54.6 Å². The van der Waals surface area contributed by atoms with Crippen LogP contribution in [0.15, 0.2) is 78.9 Å². The number of hydrogen-bond acceptors (Lipinski definition) is 5. The smallest absolute Gasteiger partial charge is 0.430 e. The summed E-state index contributed by atoms with van der Waals surface area (Å²) < 4.78 is 90.8. The summed E-state index contributed by atoms with van der Waals surface area (Å²) in [6.07, 6.45) is -13.3. The molecule has 1 atom stereocenters. The van der Waals surface area contributed by atoms with Crippen molar-refractivity contribution in [2.75, 3.05) is 6.61 Å². The zero-order valence-corrected chi connectivity index (χ0v) is 18.3. The number of ether oxygens (including phenoxy) is 2. The average molecular weight is 513 g/mol. The first kappa shape index (κ1) is 26.9. The van der Waals surface area contributed by atoms with Crippen molar-refractivity contribution in [1.82, 2.24) is 0 Å². The van der Waals surface area contributed by atoms with E-state index < -0.39 is 35.6 Å². The molecule has 0 saturated carbocycles. The summed E-state index contributed by atoms with van der Waals surface area (Å²) in [6.45, 7) is -0.339. The Balaban J connectivity index is 1.87. The molecule has 0 fully saturated rings. The van der Waals surface area contributed by atoms with Gasteiger partial charge < -0.3 is 24.5 Å². The van der Waals surface area contributed by atoms with Crippen molar-refractivity contribution < 1.29 is 50.8 Å². The van der Waals surface area contributed by atoms with Crippen molar-refractivity contribution >= 4 is 5.97 Å². The second-order valence-corrected chi connectivity index (χ2v) is 7.76. The van der Waals surface area contributed by atoms with Crippen LogP contribution in [0.1, 0.15) is 22.8 Å². The fourth-order valence-electron chi connectivity index (χ4n) is 3.40. The SMILES string of the molecule is O=C([O-])Cc1cccc(OC(COc2cccc(C(O)(C(F)(F)F)C(F)(F)F)c2)c2ccccc2)c1. The highest BCUT2D eigenvalue weighted by Gasteiger charge is 2.71. The molecule has 0 heterocycles. The van der Waals surface area contributed by atoms with Crippen LogP contribution >= 0.6 is 0 Å². The van der Waals surface area contributed by atoms with Gasteiger partial charge in [-0.25, -0.2) is 0 Å². The Hall–Kier alpha value is -3.73. The molecule has 0 aliphatic carbocycles. The van der Waals surface area contributed by atoms with Gasteiger partial charge in [0.05, 0.1) is 0 Å². The van der Waals surface area contributed by atoms with Gasteiger partial charge in [-0.05, 0) is 35.4 Å². The lowest BCUT2D eigenvalue weighted by molar-refractivity contribution is -0.376. The molecule has 1 N–H and O–H groups in total. The van der Waals surface area contributed by atoms with E-state index in [2.05, 4.69) is 0 Å². The Morgan fingerprint density at radius 1 is 0.833 bits per heavy atom. The third-order valence-electron chi connectivity index (χ3n) is 5.17. The summed E-state index contributed by atoms with van der Waals surface area (Å²) in [5.74, 6) is -1.41. The number of carbonyl (C=O) groups is 1. The van der Waals surface area contributed by atoms with Gasteiger partial charge in [0.2, 0.25) is 0 Å². The van der Waals surface area contributed by atoms with E-state index >= 15 is 0 Å². The van der Waals surface area contributed by atoms with E-state index in [0.29, 0.717) is 23.3 Å². The molecule has 1 unspecified atom stereocenters. The molecule has 3 aromatic carbocycles. The van der Waals surface area contributed by atoms with Crippen LogP contribution in [-0.2, 0) is 16.8 Å². The maximum atomic E-state index is 13.2. The van der Waals surface area contributed by atoms with Crippen LogP contribution in [0.25, 0.3) is 0 Å². The molecule has 0 saturated heterocycles. The van der Waals surface area contributed by atoms with Gasteiger partial charge in [0.15, 0.2) is 6.10 Å². The molecule has 5 nitrogen and oxygen atoms in total. The van der Waals surface area contributed by atoms with Crippen molar-refractivity contribution in [1.29, 1.82) is 0 Å². The molecule has 0 aliphatic heterocycles. The van der Waals surface area contributed by atoms with Gasteiger partial charge in [-0.3, -0.25) is 0 Å². The number of alkyl halides is 6. The van der Waals surface area contributed by atoms with Crippen molar-refractivity contribution in [3.8, 4) is 11.5 Å². The summed E-state index contributed by atoms with van der Waals surface area (Å²) >= 11 is 0. The van der Waals surface area contributed by atoms with Crippen molar-refractivity contribution in [2.24, 2.45) is 0 Å². The van der Waals surface area contributed by atoms with Crippen LogP contribution in [0.3, 0.4) is 0 Å². The number of carboxylic acids is 1. The average Bonchev–Trinajstić information content (AvgIpc) is 2.80. The number of halogens is 6. The molecule has 11 heteroatoms. The standard InChI is InChI=1S/C25H20F6O5/c26-24(27,28)23(34,25(29,30)31)18-9-5-10-19(14-18)35-15-21(17-7-2-1-3-8-17)36-20-11-4-6-16(12-20)13-22(32)33/h1-12,14,21,34H,13,15H2,(H,32,33)/p-1. The van der Waals surface area contributed by atoms with Crippen LogP contribution < -0.4 is 14.6 Å². The Labute approximate surface area is 201 Å². The molecule has 192 valence electrons. The summed E-state index contributed by atoms with van der Waals surface area (Å²) in [6, 6.07) is 17.5. The summed E-state index contributed by atoms with van der Waals surface area (Å²) in [5.41, 5.74) is -5.58. The Morgan fingerprint density at radius 2 is 1.44 bits per heavy atom. The first-order chi connectivity index (χ1) is 16.8. The third-order valence-corrected chi connectivity index (χ3v) is 5.17. The fourth-order valence-corrected chi connectivity index (χ4v) is 3.40. The minimum atomic E-state index is -6.03. The molecule has 3 aromatic rings. The minimum absolute atomic E-state index is 0.253. The minimum Gasteiger partial charge on any atom is -0.550 e. The predicted molar refractivity (Wildman–Crippen MR) is 113 cm³/mol. The molecular weight excluding hydrogens is 494 g/mol. The third kappa shape index (κ3) is 6.09. The van der Waals surface area contributed by atoms with E-state index in [0.717, 1.165) is 12.1 Å². The molecule has 36 heavy (non-hydrogen) atoms. The molecular formula is C25H19F6O5-. The summed E-state index contributed by atoms with van der Waals surface area (Å²) in [4.78, 5) is 10.9. The number of rotatable bonds is 9. The summed E-state index contributed by atoms with van der Waals surface area (Å²) in [5, 5.41) is 20.5. The lowest BCUT2D eigenvalue weighted by atomic mass is 9.92. The molecule has 0 aliphatic rings. The normalized spacial score (nSPS) is 13.2. The largest absolute Gasteiger partial charge is 0.550 e. The number of aliphatic carboxylic acids is 1. The van der Waals surface area contributed by atoms with Crippen molar-refractivity contribution in [3.63, 3.8) is 0 Å². The Morgan fingerprint density at radius 3 is 2.06 bits per heavy atom. The van der Waals surface area contributed by atoms with Crippen LogP contribution in [0.5, 0.6) is 11.5 Å². The van der Waals surface area contributed by atoms with Gasteiger partial charge in [0, 0.05) is 18.0 Å². The molecule has 0 amide bonds. The van der Waals surface area contributed by atoms with Crippen molar-refractivity contribution in [3.05, 3.63) is 95.6 Å². The first-order valence-electron chi connectivity index (χ1n) is 10.4. The highest BCUT2D eigenvalue weighted by molar-refractivity contribution is 5.68. The van der Waals surface area contributed by atoms with E-state index in [1.165, 1.54) is 6.07 Å². The van der Waals surface area contributed by atoms with Crippen LogP contribution in [-0.4, -0.2) is 30.0 Å². The maximum Gasteiger partial charge on any atom is 0.430 e. The Kier molecular flexibility index (Phi) is 7.83. The zero-order valence-electron chi connectivity index (χ0n) is 18.3. The highest BCUT2D eigenvalue weighted by Crippen LogP contribution is 2.50. The molecule has 0 radical (unpaired) electrons. The van der Waals surface area contributed by atoms with Gasteiger partial charge >= 0.3 is 12.4 Å². The van der Waals surface area contributed by atoms with E-state index in [1.807, 2.05) is 0 Å². The summed E-state index contributed by atoms with van der Waals surface area (Å²) in [7, 11) is 0. The monoisotopic (exact) mass is 513 g/mol. The van der Waals surface area contributed by atoms with Gasteiger partial charge in [-0.2, -0.15) is 26.3 Å². The maximum absolute atomic E-state index is 13.2. The van der Waals surface area contributed by atoms with Crippen LogP contribution in [0, 0.1) is 0 Å². The number of aliphatic hydroxyl groups is 1. The van der Waals surface area contributed by atoms with Crippen LogP contribution in [0.2, 0.25) is 0 Å². The van der Waals surface area contributed by atoms with Gasteiger partial charge in [0.25, 0.3) is 5.60 Å². The number of hydrogen-bond donors (Lipinski definition) is 1. The first-order valence-corrected chi connectivity index (χ1v) is 10.4.